The number of likely N-dealkylation sites (tertiary alicyclic amines) is 1. The third-order valence-electron chi connectivity index (χ3n) is 7.53. The molecule has 3 atom stereocenters. The van der Waals surface area contributed by atoms with Gasteiger partial charge >= 0.3 is 12.3 Å². The SMILES string of the molecule is CC(C)(C)OC(=O)N1CCC(CN2c3nc(N4C[C@@H]5C[C@H]4CO5)cc(=O)n3CC[C@H]2C(F)(F)F)CC1. The zero-order chi connectivity index (χ0) is 25.8. The Kier molecular flexibility index (Phi) is 6.37. The molecule has 12 heteroatoms. The number of piperidine rings is 1. The number of aromatic nitrogens is 2. The summed E-state index contributed by atoms with van der Waals surface area (Å²) in [6.07, 6.45) is -3.03. The topological polar surface area (TPSA) is 80.1 Å². The van der Waals surface area contributed by atoms with Crippen LogP contribution in [0, 0.1) is 5.92 Å². The third-order valence-corrected chi connectivity index (χ3v) is 7.53. The van der Waals surface area contributed by atoms with E-state index in [0.29, 0.717) is 44.9 Å². The smallest absolute Gasteiger partial charge is 0.410 e. The lowest BCUT2D eigenvalue weighted by Crippen LogP contribution is -2.55. The van der Waals surface area contributed by atoms with E-state index in [1.807, 2.05) is 4.90 Å². The molecule has 0 spiro atoms. The molecule has 0 saturated carbocycles. The Morgan fingerprint density at radius 2 is 1.89 bits per heavy atom. The molecule has 3 fully saturated rings. The Bertz CT molecular complexity index is 1050. The summed E-state index contributed by atoms with van der Waals surface area (Å²) in [5, 5.41) is 0. The molecular weight excluding hydrogens is 479 g/mol. The van der Waals surface area contributed by atoms with E-state index in [1.165, 1.54) is 15.5 Å². The lowest BCUT2D eigenvalue weighted by Gasteiger charge is -2.42. The van der Waals surface area contributed by atoms with Crippen LogP contribution in [0.25, 0.3) is 0 Å². The van der Waals surface area contributed by atoms with E-state index < -0.39 is 23.9 Å². The summed E-state index contributed by atoms with van der Waals surface area (Å²) in [6, 6.07) is -0.171. The molecule has 5 rings (SSSR count). The van der Waals surface area contributed by atoms with E-state index >= 15 is 0 Å². The van der Waals surface area contributed by atoms with Crippen molar-refractivity contribution in [3.8, 4) is 0 Å². The van der Waals surface area contributed by atoms with Gasteiger partial charge in [0, 0.05) is 38.8 Å². The molecule has 9 nitrogen and oxygen atoms in total. The first kappa shape index (κ1) is 25.2. The highest BCUT2D eigenvalue weighted by molar-refractivity contribution is 5.68. The first-order chi connectivity index (χ1) is 16.9. The van der Waals surface area contributed by atoms with Crippen LogP contribution in [-0.4, -0.2) is 83.3 Å². The Morgan fingerprint density at radius 3 is 2.47 bits per heavy atom. The van der Waals surface area contributed by atoms with Crippen molar-refractivity contribution in [2.45, 2.75) is 83.0 Å². The third kappa shape index (κ3) is 5.01. The highest BCUT2D eigenvalue weighted by Gasteiger charge is 2.48. The van der Waals surface area contributed by atoms with Gasteiger partial charge in [-0.3, -0.25) is 9.36 Å². The molecule has 1 amide bonds. The van der Waals surface area contributed by atoms with Crippen molar-refractivity contribution in [1.29, 1.82) is 0 Å². The summed E-state index contributed by atoms with van der Waals surface area (Å²) < 4.78 is 54.8. The number of fused-ring (bicyclic) bond motifs is 3. The average molecular weight is 514 g/mol. The first-order valence-corrected chi connectivity index (χ1v) is 12.7. The molecule has 0 unspecified atom stereocenters. The molecule has 1 aromatic rings. The van der Waals surface area contributed by atoms with Crippen LogP contribution in [-0.2, 0) is 16.0 Å². The first-order valence-electron chi connectivity index (χ1n) is 12.7. The van der Waals surface area contributed by atoms with Gasteiger partial charge in [-0.2, -0.15) is 18.2 Å². The number of hydrogen-bond donors (Lipinski definition) is 0. The second-order valence-electron chi connectivity index (χ2n) is 11.3. The number of ether oxygens (including phenoxy) is 2. The Labute approximate surface area is 208 Å². The van der Waals surface area contributed by atoms with E-state index in [4.69, 9.17) is 9.47 Å². The predicted octanol–water partition coefficient (Wildman–Crippen LogP) is 3.01. The molecule has 2 bridgehead atoms. The van der Waals surface area contributed by atoms with E-state index in [1.54, 1.807) is 25.7 Å². The van der Waals surface area contributed by atoms with E-state index in [-0.39, 0.29) is 49.1 Å². The molecule has 3 saturated heterocycles. The van der Waals surface area contributed by atoms with Crippen molar-refractivity contribution < 1.29 is 27.4 Å². The molecule has 0 aromatic carbocycles. The predicted molar refractivity (Wildman–Crippen MR) is 126 cm³/mol. The van der Waals surface area contributed by atoms with Gasteiger partial charge in [0.25, 0.3) is 5.56 Å². The number of anilines is 2. The van der Waals surface area contributed by atoms with Crippen molar-refractivity contribution in [1.82, 2.24) is 14.5 Å². The van der Waals surface area contributed by atoms with Gasteiger partial charge in [0.1, 0.15) is 17.5 Å². The molecule has 0 radical (unpaired) electrons. The van der Waals surface area contributed by atoms with Crippen molar-refractivity contribution in [3.05, 3.63) is 16.4 Å². The molecule has 5 heterocycles. The van der Waals surface area contributed by atoms with Crippen LogP contribution in [0.1, 0.15) is 46.5 Å². The Morgan fingerprint density at radius 1 is 1.17 bits per heavy atom. The van der Waals surface area contributed by atoms with Crippen LogP contribution in [0.4, 0.5) is 29.7 Å². The number of morpholine rings is 1. The number of carbonyl (C=O) groups is 1. The minimum Gasteiger partial charge on any atom is -0.444 e. The Balaban J connectivity index is 1.36. The monoisotopic (exact) mass is 513 g/mol. The van der Waals surface area contributed by atoms with Crippen molar-refractivity contribution in [3.63, 3.8) is 0 Å². The molecule has 0 N–H and O–H groups in total. The molecular formula is C24H34F3N5O4. The summed E-state index contributed by atoms with van der Waals surface area (Å²) in [5.41, 5.74) is -0.938. The molecule has 36 heavy (non-hydrogen) atoms. The molecule has 4 aliphatic heterocycles. The van der Waals surface area contributed by atoms with E-state index in [9.17, 15) is 22.8 Å². The summed E-state index contributed by atoms with van der Waals surface area (Å²) >= 11 is 0. The van der Waals surface area contributed by atoms with E-state index in [2.05, 4.69) is 4.98 Å². The van der Waals surface area contributed by atoms with Gasteiger partial charge < -0.3 is 24.2 Å². The fourth-order valence-electron chi connectivity index (χ4n) is 5.74. The second kappa shape index (κ2) is 9.11. The summed E-state index contributed by atoms with van der Waals surface area (Å²) in [6.45, 7) is 7.46. The van der Waals surface area contributed by atoms with Gasteiger partial charge in [0.2, 0.25) is 5.95 Å². The van der Waals surface area contributed by atoms with Gasteiger partial charge in [0.05, 0.1) is 18.8 Å². The number of halogens is 3. The number of alkyl halides is 3. The second-order valence-corrected chi connectivity index (χ2v) is 11.3. The largest absolute Gasteiger partial charge is 0.444 e. The van der Waals surface area contributed by atoms with Gasteiger partial charge in [-0.25, -0.2) is 4.79 Å². The fraction of sp³-hybridized carbons (Fsp3) is 0.792. The van der Waals surface area contributed by atoms with Gasteiger partial charge in [-0.15, -0.1) is 0 Å². The zero-order valence-corrected chi connectivity index (χ0v) is 21.0. The molecule has 0 aliphatic carbocycles. The molecule has 1 aromatic heterocycles. The van der Waals surface area contributed by atoms with Gasteiger partial charge in [-0.1, -0.05) is 0 Å². The van der Waals surface area contributed by atoms with Crippen molar-refractivity contribution in [2.24, 2.45) is 5.92 Å². The maximum Gasteiger partial charge on any atom is 0.410 e. The number of rotatable bonds is 3. The minimum absolute atomic E-state index is 0.0195. The number of hydrogen-bond acceptors (Lipinski definition) is 7. The summed E-state index contributed by atoms with van der Waals surface area (Å²) in [5.74, 6) is 0.441. The highest BCUT2D eigenvalue weighted by atomic mass is 19.4. The van der Waals surface area contributed by atoms with Gasteiger partial charge in [0.15, 0.2) is 0 Å². The lowest BCUT2D eigenvalue weighted by atomic mass is 9.95. The number of nitrogens with zero attached hydrogens (tertiary/aromatic N) is 5. The van der Waals surface area contributed by atoms with Crippen LogP contribution >= 0.6 is 0 Å². The fourth-order valence-corrected chi connectivity index (χ4v) is 5.74. The highest BCUT2D eigenvalue weighted by Crippen LogP contribution is 2.37. The maximum absolute atomic E-state index is 14.1. The maximum atomic E-state index is 14.1. The number of amides is 1. The quantitative estimate of drug-likeness (QED) is 0.615. The van der Waals surface area contributed by atoms with Crippen LogP contribution < -0.4 is 15.4 Å². The molecule has 200 valence electrons. The standard InChI is InChI=1S/C24H34F3N5O4/c1-23(2,3)36-22(34)29-7-4-15(5-8-29)12-32-18(24(25,26)27)6-9-30-20(33)11-19(28-21(30)32)31-13-17-10-16(31)14-35-17/h11,15-18H,4-10,12-14H2,1-3H3/t16-,17-,18-/m0/s1. The van der Waals surface area contributed by atoms with Crippen LogP contribution in [0.2, 0.25) is 0 Å². The van der Waals surface area contributed by atoms with Crippen LogP contribution in [0.3, 0.4) is 0 Å². The minimum atomic E-state index is -4.45. The van der Waals surface area contributed by atoms with Gasteiger partial charge in [-0.05, 0) is 52.4 Å². The summed E-state index contributed by atoms with van der Waals surface area (Å²) in [7, 11) is 0. The van der Waals surface area contributed by atoms with Crippen LogP contribution in [0.5, 0.6) is 0 Å². The van der Waals surface area contributed by atoms with E-state index in [0.717, 1.165) is 6.42 Å². The average Bonchev–Trinajstić information content (AvgIpc) is 3.42. The lowest BCUT2D eigenvalue weighted by molar-refractivity contribution is -0.153. The van der Waals surface area contributed by atoms with Crippen molar-refractivity contribution >= 4 is 17.9 Å². The Hall–Kier alpha value is -2.50. The zero-order valence-electron chi connectivity index (χ0n) is 21.0. The summed E-state index contributed by atoms with van der Waals surface area (Å²) in [4.78, 5) is 34.9. The molecule has 4 aliphatic rings. The normalized spacial score (nSPS) is 26.9. The van der Waals surface area contributed by atoms with Crippen molar-refractivity contribution in [2.75, 3.05) is 42.6 Å². The van der Waals surface area contributed by atoms with Crippen LogP contribution in [0.15, 0.2) is 10.9 Å². The number of carbonyl (C=O) groups excluding carboxylic acids is 1.